The number of methoxy groups -OCH3 is 1. The summed E-state index contributed by atoms with van der Waals surface area (Å²) in [7, 11) is 1.58. The van der Waals surface area contributed by atoms with E-state index in [1.807, 2.05) is 41.3 Å². The van der Waals surface area contributed by atoms with Crippen LogP contribution in [0.4, 0.5) is 10.6 Å². The standard InChI is InChI=1S/C20H23N5O3/c1-27-19-13-18(22-14-23-19)24-8-10-25(11-9-24)20(26)21-7-6-16-12-15-4-2-3-5-17(15)28-16/h2-5,12-14H,6-11H2,1H3,(H,21,26). The van der Waals surface area contributed by atoms with Crippen molar-refractivity contribution in [1.29, 1.82) is 0 Å². The number of aromatic nitrogens is 2. The Balaban J connectivity index is 1.24. The van der Waals surface area contributed by atoms with E-state index in [0.717, 1.165) is 35.6 Å². The zero-order chi connectivity index (χ0) is 19.3. The number of ether oxygens (including phenoxy) is 1. The summed E-state index contributed by atoms with van der Waals surface area (Å²) in [5, 5.41) is 4.07. The van der Waals surface area contributed by atoms with Crippen LogP contribution in [0.5, 0.6) is 5.88 Å². The first-order chi connectivity index (χ1) is 13.7. The molecule has 0 bridgehead atoms. The molecule has 2 amide bonds. The summed E-state index contributed by atoms with van der Waals surface area (Å²) in [5.74, 6) is 2.23. The van der Waals surface area contributed by atoms with E-state index in [-0.39, 0.29) is 6.03 Å². The number of rotatable bonds is 5. The van der Waals surface area contributed by atoms with Crippen LogP contribution in [-0.4, -0.2) is 60.7 Å². The highest BCUT2D eigenvalue weighted by Gasteiger charge is 2.22. The number of piperazine rings is 1. The van der Waals surface area contributed by atoms with Crippen LogP contribution in [0.1, 0.15) is 5.76 Å². The molecule has 0 unspecified atom stereocenters. The zero-order valence-electron chi connectivity index (χ0n) is 15.8. The van der Waals surface area contributed by atoms with Crippen molar-refractivity contribution in [1.82, 2.24) is 20.2 Å². The predicted octanol–water partition coefficient (Wildman–Crippen LogP) is 2.31. The second-order valence-electron chi connectivity index (χ2n) is 6.63. The van der Waals surface area contributed by atoms with Gasteiger partial charge in [0.25, 0.3) is 0 Å². The Morgan fingerprint density at radius 1 is 1.18 bits per heavy atom. The molecule has 28 heavy (non-hydrogen) atoms. The lowest BCUT2D eigenvalue weighted by atomic mass is 10.2. The van der Waals surface area contributed by atoms with Gasteiger partial charge >= 0.3 is 6.03 Å². The third kappa shape index (κ3) is 4.00. The van der Waals surface area contributed by atoms with Crippen molar-refractivity contribution < 1.29 is 13.9 Å². The number of nitrogens with one attached hydrogen (secondary N) is 1. The molecule has 1 aliphatic rings. The Morgan fingerprint density at radius 2 is 2.00 bits per heavy atom. The summed E-state index contributed by atoms with van der Waals surface area (Å²) >= 11 is 0. The minimum absolute atomic E-state index is 0.0453. The lowest BCUT2D eigenvalue weighted by Crippen LogP contribution is -2.52. The maximum absolute atomic E-state index is 12.4. The summed E-state index contributed by atoms with van der Waals surface area (Å²) in [6.07, 6.45) is 2.16. The molecule has 0 saturated carbocycles. The van der Waals surface area contributed by atoms with Crippen molar-refractivity contribution >= 4 is 22.8 Å². The first kappa shape index (κ1) is 18.1. The van der Waals surface area contributed by atoms with Gasteiger partial charge in [-0.25, -0.2) is 14.8 Å². The quantitative estimate of drug-likeness (QED) is 0.730. The van der Waals surface area contributed by atoms with E-state index in [2.05, 4.69) is 20.2 Å². The Labute approximate surface area is 163 Å². The van der Waals surface area contributed by atoms with Crippen molar-refractivity contribution in [3.8, 4) is 5.88 Å². The van der Waals surface area contributed by atoms with Gasteiger partial charge in [0.2, 0.25) is 5.88 Å². The van der Waals surface area contributed by atoms with E-state index >= 15 is 0 Å². The second kappa shape index (κ2) is 8.16. The van der Waals surface area contributed by atoms with Gasteiger partial charge in [0.05, 0.1) is 7.11 Å². The molecule has 1 saturated heterocycles. The molecule has 0 spiro atoms. The molecule has 1 aliphatic heterocycles. The normalized spacial score (nSPS) is 14.3. The number of fused-ring (bicyclic) bond motifs is 1. The lowest BCUT2D eigenvalue weighted by Gasteiger charge is -2.35. The smallest absolute Gasteiger partial charge is 0.317 e. The first-order valence-corrected chi connectivity index (χ1v) is 9.34. The Kier molecular flexibility index (Phi) is 5.27. The van der Waals surface area contributed by atoms with Gasteiger partial charge in [0.1, 0.15) is 23.5 Å². The Hall–Kier alpha value is -3.29. The molecule has 0 radical (unpaired) electrons. The number of urea groups is 1. The van der Waals surface area contributed by atoms with Crippen molar-refractivity contribution in [2.45, 2.75) is 6.42 Å². The number of hydrogen-bond acceptors (Lipinski definition) is 6. The van der Waals surface area contributed by atoms with E-state index in [1.54, 1.807) is 7.11 Å². The van der Waals surface area contributed by atoms with Gasteiger partial charge in [-0.1, -0.05) is 18.2 Å². The van der Waals surface area contributed by atoms with E-state index in [4.69, 9.17) is 9.15 Å². The molecule has 1 N–H and O–H groups in total. The summed E-state index contributed by atoms with van der Waals surface area (Å²) < 4.78 is 10.9. The summed E-state index contributed by atoms with van der Waals surface area (Å²) in [6, 6.07) is 11.7. The van der Waals surface area contributed by atoms with Gasteiger partial charge < -0.3 is 24.3 Å². The maximum atomic E-state index is 12.4. The third-order valence-electron chi connectivity index (χ3n) is 4.85. The van der Waals surface area contributed by atoms with E-state index < -0.39 is 0 Å². The topological polar surface area (TPSA) is 83.7 Å². The maximum Gasteiger partial charge on any atom is 0.317 e. The highest BCUT2D eigenvalue weighted by atomic mass is 16.5. The van der Waals surface area contributed by atoms with E-state index in [0.29, 0.717) is 31.9 Å². The fraction of sp³-hybridized carbons (Fsp3) is 0.350. The molecule has 3 aromatic rings. The minimum atomic E-state index is -0.0453. The van der Waals surface area contributed by atoms with Gasteiger partial charge in [-0.05, 0) is 12.1 Å². The number of benzene rings is 1. The molecule has 1 aromatic carbocycles. The van der Waals surface area contributed by atoms with Gasteiger partial charge in [0.15, 0.2) is 0 Å². The van der Waals surface area contributed by atoms with Crippen LogP contribution in [0, 0.1) is 0 Å². The lowest BCUT2D eigenvalue weighted by molar-refractivity contribution is 0.194. The van der Waals surface area contributed by atoms with Crippen molar-refractivity contribution in [2.24, 2.45) is 0 Å². The Bertz CT molecular complexity index is 917. The molecule has 2 aromatic heterocycles. The molecule has 8 nitrogen and oxygen atoms in total. The van der Waals surface area contributed by atoms with Crippen LogP contribution in [0.3, 0.4) is 0 Å². The molecule has 0 aliphatic carbocycles. The molecular formula is C20H23N5O3. The molecule has 8 heteroatoms. The van der Waals surface area contributed by atoms with E-state index in [1.165, 1.54) is 6.33 Å². The average molecular weight is 381 g/mol. The number of carbonyl (C=O) groups is 1. The summed E-state index contributed by atoms with van der Waals surface area (Å²) in [6.45, 7) is 3.27. The number of nitrogens with zero attached hydrogens (tertiary/aromatic N) is 4. The van der Waals surface area contributed by atoms with Gasteiger partial charge in [0, 0.05) is 50.6 Å². The SMILES string of the molecule is COc1cc(N2CCN(C(=O)NCCc3cc4ccccc4o3)CC2)ncn1. The molecule has 146 valence electrons. The zero-order valence-corrected chi connectivity index (χ0v) is 15.8. The molecule has 4 rings (SSSR count). The van der Waals surface area contributed by atoms with Crippen LogP contribution >= 0.6 is 0 Å². The molecule has 3 heterocycles. The van der Waals surface area contributed by atoms with Gasteiger partial charge in [-0.15, -0.1) is 0 Å². The Morgan fingerprint density at radius 3 is 2.79 bits per heavy atom. The fourth-order valence-electron chi connectivity index (χ4n) is 3.32. The van der Waals surface area contributed by atoms with Crippen LogP contribution < -0.4 is 15.0 Å². The number of para-hydroxylation sites is 1. The summed E-state index contributed by atoms with van der Waals surface area (Å²) in [5.41, 5.74) is 0.876. The van der Waals surface area contributed by atoms with Crippen molar-refractivity contribution in [3.05, 3.63) is 48.5 Å². The van der Waals surface area contributed by atoms with Crippen LogP contribution in [-0.2, 0) is 6.42 Å². The number of anilines is 1. The van der Waals surface area contributed by atoms with Crippen molar-refractivity contribution in [2.75, 3.05) is 44.7 Å². The number of carbonyl (C=O) groups excluding carboxylic acids is 1. The van der Waals surface area contributed by atoms with Gasteiger partial charge in [-0.2, -0.15) is 0 Å². The molecule has 1 fully saturated rings. The highest BCUT2D eigenvalue weighted by molar-refractivity contribution is 5.77. The molecule has 0 atom stereocenters. The summed E-state index contributed by atoms with van der Waals surface area (Å²) in [4.78, 5) is 24.7. The highest BCUT2D eigenvalue weighted by Crippen LogP contribution is 2.19. The number of hydrogen-bond donors (Lipinski definition) is 1. The van der Waals surface area contributed by atoms with E-state index in [9.17, 15) is 4.79 Å². The number of furan rings is 1. The first-order valence-electron chi connectivity index (χ1n) is 9.34. The minimum Gasteiger partial charge on any atom is -0.481 e. The molecular weight excluding hydrogens is 358 g/mol. The third-order valence-corrected chi connectivity index (χ3v) is 4.85. The average Bonchev–Trinajstić information content (AvgIpc) is 3.16. The van der Waals surface area contributed by atoms with Crippen LogP contribution in [0.2, 0.25) is 0 Å². The monoisotopic (exact) mass is 381 g/mol. The van der Waals surface area contributed by atoms with Crippen LogP contribution in [0.15, 0.2) is 47.1 Å². The van der Waals surface area contributed by atoms with Crippen LogP contribution in [0.25, 0.3) is 11.0 Å². The van der Waals surface area contributed by atoms with Gasteiger partial charge in [-0.3, -0.25) is 0 Å². The number of amides is 2. The fourth-order valence-corrected chi connectivity index (χ4v) is 3.32. The van der Waals surface area contributed by atoms with Crippen molar-refractivity contribution in [3.63, 3.8) is 0 Å². The second-order valence-corrected chi connectivity index (χ2v) is 6.63. The largest absolute Gasteiger partial charge is 0.481 e. The predicted molar refractivity (Wildman–Crippen MR) is 106 cm³/mol.